The summed E-state index contributed by atoms with van der Waals surface area (Å²) in [5, 5.41) is 3.44. The highest BCUT2D eigenvalue weighted by atomic mass is 16.5. The summed E-state index contributed by atoms with van der Waals surface area (Å²) in [4.78, 5) is 0. The molecule has 2 rings (SSSR count). The molecule has 1 N–H and O–H groups in total. The predicted molar refractivity (Wildman–Crippen MR) is 87.1 cm³/mol. The van der Waals surface area contributed by atoms with E-state index in [9.17, 15) is 0 Å². The number of ether oxygens (including phenoxy) is 2. The molecule has 1 aliphatic heterocycles. The Bertz CT molecular complexity index is 466. The van der Waals surface area contributed by atoms with E-state index in [4.69, 9.17) is 9.47 Å². The molecule has 0 fully saturated rings. The number of benzene rings is 1. The van der Waals surface area contributed by atoms with Crippen molar-refractivity contribution in [3.05, 3.63) is 23.8 Å². The van der Waals surface area contributed by atoms with Crippen molar-refractivity contribution >= 4 is 0 Å². The van der Waals surface area contributed by atoms with Gasteiger partial charge in [-0.1, -0.05) is 27.7 Å². The maximum atomic E-state index is 6.33. The topological polar surface area (TPSA) is 30.5 Å². The summed E-state index contributed by atoms with van der Waals surface area (Å²) in [6, 6.07) is 6.55. The van der Waals surface area contributed by atoms with Crippen molar-refractivity contribution in [3.63, 3.8) is 0 Å². The standard InChI is InChI=1S/C18H29NO2/c1-6-18(7-2)11-16(19-5)15-10-14(20-12-13(3)4)8-9-17(15)21-18/h8-10,13,16,19H,6-7,11-12H2,1-5H3. The van der Waals surface area contributed by atoms with Crippen LogP contribution in [-0.2, 0) is 0 Å². The molecular formula is C18H29NO2. The molecule has 0 spiro atoms. The highest BCUT2D eigenvalue weighted by Gasteiger charge is 2.38. The first kappa shape index (κ1) is 16.2. The number of rotatable bonds is 6. The summed E-state index contributed by atoms with van der Waals surface area (Å²) in [6.07, 6.45) is 3.08. The Morgan fingerprint density at radius 3 is 2.62 bits per heavy atom. The second-order valence-electron chi connectivity index (χ2n) is 6.44. The Kier molecular flexibility index (Phi) is 5.15. The van der Waals surface area contributed by atoms with Gasteiger partial charge in [-0.3, -0.25) is 0 Å². The molecule has 1 aliphatic rings. The minimum absolute atomic E-state index is 0.0407. The zero-order chi connectivity index (χ0) is 15.5. The van der Waals surface area contributed by atoms with Gasteiger partial charge in [0, 0.05) is 18.0 Å². The highest BCUT2D eigenvalue weighted by molar-refractivity contribution is 5.44. The van der Waals surface area contributed by atoms with Crippen molar-refractivity contribution in [1.82, 2.24) is 5.32 Å². The van der Waals surface area contributed by atoms with Crippen LogP contribution in [0.1, 0.15) is 58.6 Å². The number of nitrogens with one attached hydrogen (secondary N) is 1. The summed E-state index contributed by atoms with van der Waals surface area (Å²) in [7, 11) is 2.03. The van der Waals surface area contributed by atoms with Crippen molar-refractivity contribution in [3.8, 4) is 11.5 Å². The highest BCUT2D eigenvalue weighted by Crippen LogP contribution is 2.43. The molecular weight excluding hydrogens is 262 g/mol. The lowest BCUT2D eigenvalue weighted by atomic mass is 9.83. The van der Waals surface area contributed by atoms with Crippen molar-refractivity contribution in [2.24, 2.45) is 5.92 Å². The summed E-state index contributed by atoms with van der Waals surface area (Å²) < 4.78 is 12.2. The average molecular weight is 291 g/mol. The zero-order valence-corrected chi connectivity index (χ0v) is 14.0. The first-order valence-corrected chi connectivity index (χ1v) is 8.16. The van der Waals surface area contributed by atoms with Crippen LogP contribution in [0.2, 0.25) is 0 Å². The lowest BCUT2D eigenvalue weighted by molar-refractivity contribution is 0.0237. The summed E-state index contributed by atoms with van der Waals surface area (Å²) >= 11 is 0. The third-order valence-corrected chi connectivity index (χ3v) is 4.48. The Balaban J connectivity index is 2.26. The van der Waals surface area contributed by atoms with Gasteiger partial charge in [0.2, 0.25) is 0 Å². The monoisotopic (exact) mass is 291 g/mol. The molecule has 1 aromatic rings. The van der Waals surface area contributed by atoms with Gasteiger partial charge >= 0.3 is 0 Å². The van der Waals surface area contributed by atoms with Crippen LogP contribution in [0, 0.1) is 5.92 Å². The lowest BCUT2D eigenvalue weighted by Gasteiger charge is -2.41. The van der Waals surface area contributed by atoms with E-state index in [1.54, 1.807) is 0 Å². The molecule has 0 bridgehead atoms. The maximum Gasteiger partial charge on any atom is 0.125 e. The SMILES string of the molecule is CCC1(CC)CC(NC)c2cc(OCC(C)C)ccc2O1. The Labute approximate surface area is 129 Å². The first-order chi connectivity index (χ1) is 10.0. The Morgan fingerprint density at radius 2 is 2.05 bits per heavy atom. The Hall–Kier alpha value is -1.22. The second kappa shape index (κ2) is 6.69. The van der Waals surface area contributed by atoms with Crippen molar-refractivity contribution < 1.29 is 9.47 Å². The molecule has 3 heteroatoms. The molecule has 3 nitrogen and oxygen atoms in total. The van der Waals surface area contributed by atoms with E-state index in [1.807, 2.05) is 13.1 Å². The van der Waals surface area contributed by atoms with Crippen molar-refractivity contribution in [2.75, 3.05) is 13.7 Å². The van der Waals surface area contributed by atoms with Gasteiger partial charge in [0.1, 0.15) is 17.1 Å². The third-order valence-electron chi connectivity index (χ3n) is 4.48. The fraction of sp³-hybridized carbons (Fsp3) is 0.667. The smallest absolute Gasteiger partial charge is 0.125 e. The van der Waals surface area contributed by atoms with Gasteiger partial charge in [-0.25, -0.2) is 0 Å². The van der Waals surface area contributed by atoms with Gasteiger partial charge in [0.15, 0.2) is 0 Å². The number of hydrogen-bond donors (Lipinski definition) is 1. The molecule has 1 aromatic carbocycles. The third kappa shape index (κ3) is 3.52. The summed E-state index contributed by atoms with van der Waals surface area (Å²) in [6.45, 7) is 9.49. The van der Waals surface area contributed by atoms with E-state index in [2.05, 4.69) is 45.1 Å². The molecule has 1 atom stereocenters. The second-order valence-corrected chi connectivity index (χ2v) is 6.44. The molecule has 1 heterocycles. The summed E-state index contributed by atoms with van der Waals surface area (Å²) in [5.74, 6) is 2.47. The first-order valence-electron chi connectivity index (χ1n) is 8.16. The predicted octanol–water partition coefficient (Wildman–Crippen LogP) is 4.32. The van der Waals surface area contributed by atoms with Crippen LogP contribution >= 0.6 is 0 Å². The van der Waals surface area contributed by atoms with Gasteiger partial charge < -0.3 is 14.8 Å². The number of fused-ring (bicyclic) bond motifs is 1. The minimum atomic E-state index is -0.0407. The van der Waals surface area contributed by atoms with Gasteiger partial charge in [0.25, 0.3) is 0 Å². The van der Waals surface area contributed by atoms with Crippen molar-refractivity contribution in [2.45, 2.75) is 58.6 Å². The molecule has 0 saturated heterocycles. The van der Waals surface area contributed by atoms with Crippen LogP contribution in [-0.4, -0.2) is 19.3 Å². The van der Waals surface area contributed by atoms with E-state index in [0.29, 0.717) is 12.0 Å². The fourth-order valence-corrected chi connectivity index (χ4v) is 2.94. The van der Waals surface area contributed by atoms with E-state index >= 15 is 0 Å². The Morgan fingerprint density at radius 1 is 1.33 bits per heavy atom. The lowest BCUT2D eigenvalue weighted by Crippen LogP contribution is -2.42. The zero-order valence-electron chi connectivity index (χ0n) is 14.0. The van der Waals surface area contributed by atoms with Crippen LogP contribution in [0.3, 0.4) is 0 Å². The molecule has 1 unspecified atom stereocenters. The van der Waals surface area contributed by atoms with Crippen LogP contribution < -0.4 is 14.8 Å². The van der Waals surface area contributed by atoms with E-state index in [-0.39, 0.29) is 5.60 Å². The molecule has 21 heavy (non-hydrogen) atoms. The molecule has 0 amide bonds. The van der Waals surface area contributed by atoms with E-state index in [0.717, 1.165) is 37.4 Å². The van der Waals surface area contributed by atoms with Gasteiger partial charge in [-0.2, -0.15) is 0 Å². The maximum absolute atomic E-state index is 6.33. The van der Waals surface area contributed by atoms with Crippen molar-refractivity contribution in [1.29, 1.82) is 0 Å². The van der Waals surface area contributed by atoms with Gasteiger partial charge in [0.05, 0.1) is 6.61 Å². The minimum Gasteiger partial charge on any atom is -0.493 e. The largest absolute Gasteiger partial charge is 0.493 e. The summed E-state index contributed by atoms with van der Waals surface area (Å²) in [5.41, 5.74) is 1.18. The molecule has 0 aliphatic carbocycles. The quantitative estimate of drug-likeness (QED) is 0.846. The molecule has 118 valence electrons. The van der Waals surface area contributed by atoms with Crippen LogP contribution in [0.4, 0.5) is 0 Å². The van der Waals surface area contributed by atoms with E-state index < -0.39 is 0 Å². The molecule has 0 aromatic heterocycles. The van der Waals surface area contributed by atoms with Crippen LogP contribution in [0.15, 0.2) is 18.2 Å². The fourth-order valence-electron chi connectivity index (χ4n) is 2.94. The average Bonchev–Trinajstić information content (AvgIpc) is 2.51. The molecule has 0 radical (unpaired) electrons. The van der Waals surface area contributed by atoms with Crippen LogP contribution in [0.25, 0.3) is 0 Å². The molecule has 0 saturated carbocycles. The van der Waals surface area contributed by atoms with E-state index in [1.165, 1.54) is 5.56 Å². The number of hydrogen-bond acceptors (Lipinski definition) is 3. The van der Waals surface area contributed by atoms with Crippen LogP contribution in [0.5, 0.6) is 11.5 Å². The van der Waals surface area contributed by atoms with Gasteiger partial charge in [-0.05, 0) is 44.0 Å². The normalized spacial score (nSPS) is 20.0. The van der Waals surface area contributed by atoms with Gasteiger partial charge in [-0.15, -0.1) is 0 Å².